The number of piperidine rings is 1. The third kappa shape index (κ3) is 4.75. The van der Waals surface area contributed by atoms with E-state index in [1.54, 1.807) is 11.9 Å². The molecule has 0 aromatic heterocycles. The van der Waals surface area contributed by atoms with Gasteiger partial charge in [-0.15, -0.1) is 0 Å². The van der Waals surface area contributed by atoms with Gasteiger partial charge in [0.1, 0.15) is 5.82 Å². The van der Waals surface area contributed by atoms with Crippen LogP contribution in [0.3, 0.4) is 0 Å². The molecule has 0 spiro atoms. The van der Waals surface area contributed by atoms with Crippen LogP contribution in [0.2, 0.25) is 0 Å². The Kier molecular flexibility index (Phi) is 6.14. The Bertz CT molecular complexity index is 762. The maximum absolute atomic E-state index is 14.0. The molecule has 2 N–H and O–H groups in total. The molecule has 1 aromatic rings. The molecule has 1 amide bonds. The Morgan fingerprint density at radius 3 is 2.38 bits per heavy atom. The van der Waals surface area contributed by atoms with E-state index in [4.69, 9.17) is 5.73 Å². The Morgan fingerprint density at radius 1 is 1.14 bits per heavy atom. The molecular formula is C21H28F3N3OS. The molecule has 1 aliphatic carbocycles. The van der Waals surface area contributed by atoms with Gasteiger partial charge in [-0.2, -0.15) is 0 Å². The fraction of sp³-hybridized carbons (Fsp3) is 0.667. The van der Waals surface area contributed by atoms with Gasteiger partial charge in [0.2, 0.25) is 5.91 Å². The highest BCUT2D eigenvalue weighted by Crippen LogP contribution is 2.41. The summed E-state index contributed by atoms with van der Waals surface area (Å²) in [7, 11) is 1.97. The second-order valence-electron chi connectivity index (χ2n) is 8.73. The zero-order chi connectivity index (χ0) is 20.7. The number of nitrogens with zero attached hydrogens (tertiary/aromatic N) is 2. The molecule has 4 nitrogen and oxygen atoms in total. The molecule has 2 bridgehead atoms. The molecule has 1 saturated carbocycles. The molecule has 1 aromatic carbocycles. The molecule has 3 unspecified atom stereocenters. The van der Waals surface area contributed by atoms with E-state index in [9.17, 15) is 18.0 Å². The molecule has 2 saturated heterocycles. The third-order valence-corrected chi connectivity index (χ3v) is 7.68. The maximum atomic E-state index is 14.0. The van der Waals surface area contributed by atoms with Crippen LogP contribution in [0, 0.1) is 23.4 Å². The molecule has 4 rings (SSSR count). The van der Waals surface area contributed by atoms with Crippen LogP contribution in [0.15, 0.2) is 12.1 Å². The Hall–Kier alpha value is -1.25. The van der Waals surface area contributed by atoms with E-state index in [1.165, 1.54) is 12.8 Å². The molecule has 2 heterocycles. The van der Waals surface area contributed by atoms with E-state index in [-0.39, 0.29) is 41.9 Å². The first-order chi connectivity index (χ1) is 13.8. The van der Waals surface area contributed by atoms with Gasteiger partial charge in [0.25, 0.3) is 0 Å². The molecule has 29 heavy (non-hydrogen) atoms. The van der Waals surface area contributed by atoms with Gasteiger partial charge in [0.15, 0.2) is 11.6 Å². The number of nitrogens with two attached hydrogens (primary N) is 1. The summed E-state index contributed by atoms with van der Waals surface area (Å²) in [5.74, 6) is -2.68. The lowest BCUT2D eigenvalue weighted by atomic mass is 9.82. The summed E-state index contributed by atoms with van der Waals surface area (Å²) < 4.78 is 42.7. The van der Waals surface area contributed by atoms with Crippen LogP contribution >= 0.6 is 11.9 Å². The number of hydrogen-bond acceptors (Lipinski definition) is 4. The summed E-state index contributed by atoms with van der Waals surface area (Å²) in [6.45, 7) is 0.422. The first kappa shape index (κ1) is 21.0. The van der Waals surface area contributed by atoms with Crippen molar-refractivity contribution < 1.29 is 18.0 Å². The number of amides is 1. The average Bonchev–Trinajstić information content (AvgIpc) is 3.42. The normalized spacial score (nSPS) is 27.5. The van der Waals surface area contributed by atoms with E-state index in [2.05, 4.69) is 0 Å². The summed E-state index contributed by atoms with van der Waals surface area (Å²) >= 11 is 1.76. The molecule has 0 radical (unpaired) electrons. The van der Waals surface area contributed by atoms with Gasteiger partial charge in [-0.05, 0) is 69.5 Å². The molecule has 8 heteroatoms. The Morgan fingerprint density at radius 2 is 1.76 bits per heavy atom. The predicted octanol–water partition coefficient (Wildman–Crippen LogP) is 3.49. The van der Waals surface area contributed by atoms with Crippen molar-refractivity contribution in [3.05, 3.63) is 35.1 Å². The quantitative estimate of drug-likeness (QED) is 0.535. The molecule has 160 valence electrons. The molecule has 2 aliphatic heterocycles. The fourth-order valence-corrected chi connectivity index (χ4v) is 5.89. The van der Waals surface area contributed by atoms with Gasteiger partial charge in [0.05, 0.1) is 6.54 Å². The lowest BCUT2D eigenvalue weighted by Crippen LogP contribution is -2.52. The topological polar surface area (TPSA) is 49.6 Å². The highest BCUT2D eigenvalue weighted by molar-refractivity contribution is 7.97. The van der Waals surface area contributed by atoms with Crippen molar-refractivity contribution in [2.45, 2.75) is 68.3 Å². The van der Waals surface area contributed by atoms with Crippen molar-refractivity contribution >= 4 is 17.9 Å². The van der Waals surface area contributed by atoms with Crippen LogP contribution in [-0.4, -0.2) is 52.1 Å². The zero-order valence-electron chi connectivity index (χ0n) is 16.6. The predicted molar refractivity (Wildman–Crippen MR) is 108 cm³/mol. The van der Waals surface area contributed by atoms with Crippen molar-refractivity contribution in [2.75, 3.05) is 13.6 Å². The van der Waals surface area contributed by atoms with Gasteiger partial charge < -0.3 is 10.6 Å². The number of fused-ring (bicyclic) bond motifs is 2. The fourth-order valence-electron chi connectivity index (χ4n) is 4.85. The van der Waals surface area contributed by atoms with Crippen molar-refractivity contribution in [1.82, 2.24) is 9.21 Å². The van der Waals surface area contributed by atoms with Crippen LogP contribution in [0.25, 0.3) is 0 Å². The Labute approximate surface area is 174 Å². The Balaban J connectivity index is 1.35. The van der Waals surface area contributed by atoms with Crippen LogP contribution in [-0.2, 0) is 11.2 Å². The summed E-state index contributed by atoms with van der Waals surface area (Å²) in [6, 6.07) is 1.49. The standard InChI is InChI=1S/C21H28F3N3OS/c1-26(29-16-4-5-16)11-21(28)27-14-2-3-15(27)7-13(6-14)20(25)9-12-8-18(23)19(24)10-17(12)22/h8,10,13-16,20H,2-7,9,11,25H2,1H3/t13?,14-,15?,20?/m0/s1. The minimum Gasteiger partial charge on any atom is -0.336 e. The number of rotatable bonds is 7. The van der Waals surface area contributed by atoms with Crippen LogP contribution in [0.5, 0.6) is 0 Å². The van der Waals surface area contributed by atoms with Crippen molar-refractivity contribution in [1.29, 1.82) is 0 Å². The number of benzene rings is 1. The molecule has 3 aliphatic rings. The van der Waals surface area contributed by atoms with Crippen LogP contribution in [0.4, 0.5) is 13.2 Å². The summed E-state index contributed by atoms with van der Waals surface area (Å²) in [5.41, 5.74) is 6.47. The second kappa shape index (κ2) is 8.47. The highest BCUT2D eigenvalue weighted by atomic mass is 32.2. The summed E-state index contributed by atoms with van der Waals surface area (Å²) in [5, 5.41) is 0.671. The van der Waals surface area contributed by atoms with Gasteiger partial charge in [0, 0.05) is 29.4 Å². The van der Waals surface area contributed by atoms with E-state index >= 15 is 0 Å². The number of carbonyl (C=O) groups excluding carboxylic acids is 1. The summed E-state index contributed by atoms with van der Waals surface area (Å²) in [6.07, 6.45) is 6.15. The van der Waals surface area contributed by atoms with Crippen LogP contribution < -0.4 is 5.73 Å². The lowest BCUT2D eigenvalue weighted by molar-refractivity contribution is -0.136. The van der Waals surface area contributed by atoms with E-state index in [0.717, 1.165) is 31.7 Å². The van der Waals surface area contributed by atoms with Crippen LogP contribution in [0.1, 0.15) is 44.1 Å². The van der Waals surface area contributed by atoms with Crippen molar-refractivity contribution in [2.24, 2.45) is 11.7 Å². The van der Waals surface area contributed by atoms with Gasteiger partial charge >= 0.3 is 0 Å². The maximum Gasteiger partial charge on any atom is 0.238 e. The first-order valence-corrected chi connectivity index (χ1v) is 11.2. The van der Waals surface area contributed by atoms with Crippen molar-refractivity contribution in [3.63, 3.8) is 0 Å². The molecular weight excluding hydrogens is 399 g/mol. The number of carbonyl (C=O) groups is 1. The molecule has 4 atom stereocenters. The number of likely N-dealkylation sites (N-methyl/N-ethyl adjacent to an activating group) is 1. The third-order valence-electron chi connectivity index (χ3n) is 6.42. The number of hydrogen-bond donors (Lipinski definition) is 1. The lowest BCUT2D eigenvalue weighted by Gasteiger charge is -2.41. The largest absolute Gasteiger partial charge is 0.336 e. The first-order valence-electron chi connectivity index (χ1n) is 10.4. The second-order valence-corrected chi connectivity index (χ2v) is 10.2. The van der Waals surface area contributed by atoms with E-state index in [1.807, 2.05) is 16.3 Å². The van der Waals surface area contributed by atoms with Gasteiger partial charge in [-0.1, -0.05) is 11.9 Å². The minimum absolute atomic E-state index is 0.112. The van der Waals surface area contributed by atoms with Gasteiger partial charge in [-0.3, -0.25) is 4.79 Å². The van der Waals surface area contributed by atoms with E-state index in [0.29, 0.717) is 17.9 Å². The molecule has 3 fully saturated rings. The zero-order valence-corrected chi connectivity index (χ0v) is 17.4. The number of halogens is 3. The smallest absolute Gasteiger partial charge is 0.238 e. The van der Waals surface area contributed by atoms with Gasteiger partial charge in [-0.25, -0.2) is 17.5 Å². The SMILES string of the molecule is CN(CC(=O)N1C2CC[C@H]1CC(C(N)Cc1cc(F)c(F)cc1F)C2)SC1CC1. The average molecular weight is 428 g/mol. The minimum atomic E-state index is -1.19. The van der Waals surface area contributed by atoms with Crippen molar-refractivity contribution in [3.8, 4) is 0 Å². The highest BCUT2D eigenvalue weighted by Gasteiger charge is 2.44. The monoisotopic (exact) mass is 427 g/mol. The van der Waals surface area contributed by atoms with E-state index < -0.39 is 17.5 Å². The summed E-state index contributed by atoms with van der Waals surface area (Å²) in [4.78, 5) is 14.9.